The van der Waals surface area contributed by atoms with E-state index >= 15 is 0 Å². The molecule has 0 aromatic heterocycles. The van der Waals surface area contributed by atoms with Gasteiger partial charge in [0.2, 0.25) is 0 Å². The van der Waals surface area contributed by atoms with Crippen molar-refractivity contribution in [3.8, 4) is 0 Å². The number of benzene rings is 1. The Morgan fingerprint density at radius 3 is 2.79 bits per heavy atom. The summed E-state index contributed by atoms with van der Waals surface area (Å²) in [5.74, 6) is 0. The molecule has 0 spiro atoms. The molecule has 1 fully saturated rings. The van der Waals surface area contributed by atoms with E-state index in [1.54, 1.807) is 12.1 Å². The maximum absolute atomic E-state index is 14.2. The van der Waals surface area contributed by atoms with Crippen LogP contribution in [0.2, 0.25) is 0 Å². The lowest BCUT2D eigenvalue weighted by Gasteiger charge is -2.33. The normalized spacial score (nSPS) is 27.7. The maximum atomic E-state index is 14.2. The van der Waals surface area contributed by atoms with Gasteiger partial charge in [-0.2, -0.15) is 13.2 Å². The van der Waals surface area contributed by atoms with Gasteiger partial charge in [0.25, 0.3) is 0 Å². The summed E-state index contributed by atoms with van der Waals surface area (Å²) in [5, 5.41) is 4.20. The van der Waals surface area contributed by atoms with Gasteiger partial charge >= 0.3 is 6.18 Å². The Morgan fingerprint density at radius 2 is 2.12 bits per heavy atom. The second kappa shape index (κ2) is 6.48. The zero-order chi connectivity index (χ0) is 17.5. The molecule has 0 aliphatic carbocycles. The Morgan fingerprint density at radius 1 is 1.38 bits per heavy atom. The number of halogens is 4. The van der Waals surface area contributed by atoms with Crippen LogP contribution in [0.15, 0.2) is 28.5 Å². The van der Waals surface area contributed by atoms with E-state index < -0.39 is 35.6 Å². The Bertz CT molecular complexity index is 689. The first-order valence-corrected chi connectivity index (χ1v) is 8.86. The number of piperidine rings is 1. The largest absolute Gasteiger partial charge is 0.393 e. The fraction of sp³-hybridized carbons (Fsp3) is 0.500. The predicted molar refractivity (Wildman–Crippen MR) is 85.9 cm³/mol. The molecule has 1 aromatic rings. The van der Waals surface area contributed by atoms with Gasteiger partial charge < -0.3 is 10.2 Å². The van der Waals surface area contributed by atoms with Crippen molar-refractivity contribution in [1.29, 1.82) is 0 Å². The highest BCUT2D eigenvalue weighted by atomic mass is 32.2. The molecule has 2 heterocycles. The molecule has 24 heavy (non-hydrogen) atoms. The van der Waals surface area contributed by atoms with Crippen molar-refractivity contribution in [3.05, 3.63) is 29.2 Å². The lowest BCUT2D eigenvalue weighted by molar-refractivity contribution is -0.122. The number of likely N-dealkylation sites (tertiary alicyclic amines) is 1. The molecule has 0 radical (unpaired) electrons. The SMILES string of the molecule is CN1CC[C@@H](Nc2cccc3c2S(=O)C=C3CC(F)(F)F)[C@H](F)C1. The highest BCUT2D eigenvalue weighted by molar-refractivity contribution is 7.88. The molecular weight excluding hydrogens is 344 g/mol. The third kappa shape index (κ3) is 3.64. The summed E-state index contributed by atoms with van der Waals surface area (Å²) in [6.07, 6.45) is -5.98. The predicted octanol–water partition coefficient (Wildman–Crippen LogP) is 3.56. The van der Waals surface area contributed by atoms with Crippen LogP contribution in [0.4, 0.5) is 23.2 Å². The van der Waals surface area contributed by atoms with Crippen molar-refractivity contribution < 1.29 is 21.8 Å². The number of allylic oxidation sites excluding steroid dienone is 1. The van der Waals surface area contributed by atoms with Crippen LogP contribution in [0.3, 0.4) is 0 Å². The highest BCUT2D eigenvalue weighted by Crippen LogP contribution is 2.41. The molecule has 2 aliphatic heterocycles. The number of hydrogen-bond donors (Lipinski definition) is 1. The van der Waals surface area contributed by atoms with Gasteiger partial charge in [-0.3, -0.25) is 0 Å². The second-order valence-electron chi connectivity index (χ2n) is 6.23. The maximum Gasteiger partial charge on any atom is 0.393 e. The van der Waals surface area contributed by atoms with Crippen LogP contribution in [-0.4, -0.2) is 47.6 Å². The van der Waals surface area contributed by atoms with Crippen LogP contribution >= 0.6 is 0 Å². The van der Waals surface area contributed by atoms with Gasteiger partial charge in [0.15, 0.2) is 0 Å². The van der Waals surface area contributed by atoms with Crippen LogP contribution < -0.4 is 5.32 Å². The van der Waals surface area contributed by atoms with Gasteiger partial charge in [0.05, 0.1) is 33.8 Å². The van der Waals surface area contributed by atoms with Gasteiger partial charge in [-0.15, -0.1) is 0 Å². The van der Waals surface area contributed by atoms with E-state index in [4.69, 9.17) is 0 Å². The molecule has 1 unspecified atom stereocenters. The van der Waals surface area contributed by atoms with Gasteiger partial charge in [-0.25, -0.2) is 8.60 Å². The summed E-state index contributed by atoms with van der Waals surface area (Å²) in [7, 11) is 0.185. The fourth-order valence-electron chi connectivity index (χ4n) is 3.14. The van der Waals surface area contributed by atoms with Crippen LogP contribution in [-0.2, 0) is 10.8 Å². The van der Waals surface area contributed by atoms with Crippen molar-refractivity contribution in [2.24, 2.45) is 0 Å². The summed E-state index contributed by atoms with van der Waals surface area (Å²) in [5.41, 5.74) is 0.801. The number of anilines is 1. The summed E-state index contributed by atoms with van der Waals surface area (Å²) in [4.78, 5) is 2.21. The Balaban J connectivity index is 1.84. The van der Waals surface area contributed by atoms with Crippen LogP contribution in [0.5, 0.6) is 0 Å². The first kappa shape index (κ1) is 17.4. The zero-order valence-corrected chi connectivity index (χ0v) is 13.9. The second-order valence-corrected chi connectivity index (χ2v) is 7.47. The molecule has 0 saturated carbocycles. The Kier molecular flexibility index (Phi) is 4.70. The van der Waals surface area contributed by atoms with E-state index in [0.29, 0.717) is 29.1 Å². The minimum atomic E-state index is -4.36. The van der Waals surface area contributed by atoms with Crippen LogP contribution in [0.1, 0.15) is 18.4 Å². The molecule has 0 amide bonds. The molecule has 1 aromatic carbocycles. The number of alkyl halides is 4. The van der Waals surface area contributed by atoms with E-state index in [0.717, 1.165) is 12.0 Å². The molecule has 1 N–H and O–H groups in total. The number of rotatable bonds is 3. The zero-order valence-electron chi connectivity index (χ0n) is 13.1. The molecule has 8 heteroatoms. The van der Waals surface area contributed by atoms with E-state index in [-0.39, 0.29) is 5.57 Å². The van der Waals surface area contributed by atoms with Gasteiger partial charge in [0.1, 0.15) is 6.17 Å². The van der Waals surface area contributed by atoms with Crippen molar-refractivity contribution in [2.45, 2.75) is 36.1 Å². The number of nitrogens with one attached hydrogen (secondary N) is 1. The van der Waals surface area contributed by atoms with E-state index in [2.05, 4.69) is 5.32 Å². The van der Waals surface area contributed by atoms with Crippen molar-refractivity contribution >= 4 is 22.1 Å². The van der Waals surface area contributed by atoms with Gasteiger partial charge in [-0.1, -0.05) is 12.1 Å². The number of fused-ring (bicyclic) bond motifs is 1. The molecule has 3 rings (SSSR count). The van der Waals surface area contributed by atoms with E-state index in [1.165, 1.54) is 6.07 Å². The van der Waals surface area contributed by atoms with Gasteiger partial charge in [0, 0.05) is 18.5 Å². The fourth-order valence-corrected chi connectivity index (χ4v) is 4.49. The monoisotopic (exact) mass is 362 g/mol. The molecule has 1 saturated heterocycles. The minimum Gasteiger partial charge on any atom is -0.378 e. The smallest absolute Gasteiger partial charge is 0.378 e. The number of nitrogens with zero attached hydrogens (tertiary/aromatic N) is 1. The molecule has 0 bridgehead atoms. The van der Waals surface area contributed by atoms with Crippen LogP contribution in [0.25, 0.3) is 5.57 Å². The van der Waals surface area contributed by atoms with Crippen molar-refractivity contribution in [3.63, 3.8) is 0 Å². The summed E-state index contributed by atoms with van der Waals surface area (Å²) >= 11 is 0. The quantitative estimate of drug-likeness (QED) is 0.835. The van der Waals surface area contributed by atoms with Crippen molar-refractivity contribution in [2.75, 3.05) is 25.5 Å². The third-order valence-electron chi connectivity index (χ3n) is 4.29. The summed E-state index contributed by atoms with van der Waals surface area (Å²) in [6, 6.07) is 4.35. The average Bonchev–Trinajstić information content (AvgIpc) is 2.77. The summed E-state index contributed by atoms with van der Waals surface area (Å²) < 4.78 is 64.5. The topological polar surface area (TPSA) is 32.3 Å². The lowest BCUT2D eigenvalue weighted by atomic mass is 10.0. The average molecular weight is 362 g/mol. The molecule has 2 aliphatic rings. The molecule has 3 atom stereocenters. The standard InChI is InChI=1S/C16H18F4N2OS/c1-22-6-5-13(12(17)8-22)21-14-4-2-3-11-10(7-16(18,19)20)9-24(23)15(11)14/h2-4,9,12-13,21H,5-8H2,1H3/t12-,13-,24?/m1/s1. The first-order valence-electron chi connectivity index (χ1n) is 7.65. The first-order chi connectivity index (χ1) is 11.2. The van der Waals surface area contributed by atoms with Gasteiger partial charge in [-0.05, 0) is 30.7 Å². The van der Waals surface area contributed by atoms with Crippen LogP contribution in [0, 0.1) is 0 Å². The molecular formula is C16H18F4N2OS. The Hall–Kier alpha value is -1.41. The van der Waals surface area contributed by atoms with E-state index in [1.807, 2.05) is 11.9 Å². The highest BCUT2D eigenvalue weighted by Gasteiger charge is 2.35. The van der Waals surface area contributed by atoms with E-state index in [9.17, 15) is 21.8 Å². The number of hydrogen-bond acceptors (Lipinski definition) is 3. The van der Waals surface area contributed by atoms with Crippen molar-refractivity contribution in [1.82, 2.24) is 4.90 Å². The minimum absolute atomic E-state index is 0.0136. The molecule has 3 nitrogen and oxygen atoms in total. The molecule has 132 valence electrons. The third-order valence-corrected chi connectivity index (χ3v) is 5.63. The Labute approximate surface area is 140 Å². The lowest BCUT2D eigenvalue weighted by Crippen LogP contribution is -2.46. The summed E-state index contributed by atoms with van der Waals surface area (Å²) in [6.45, 7) is 1.03.